The molecule has 1 aromatic rings. The second-order valence-corrected chi connectivity index (χ2v) is 4.71. The van der Waals surface area contributed by atoms with Crippen LogP contribution in [0.2, 0.25) is 5.02 Å². The van der Waals surface area contributed by atoms with Crippen molar-refractivity contribution in [1.29, 1.82) is 0 Å². The first-order valence-electron chi connectivity index (χ1n) is 5.73. The Morgan fingerprint density at radius 1 is 1.58 bits per heavy atom. The summed E-state index contributed by atoms with van der Waals surface area (Å²) in [4.78, 5) is 12.2. The van der Waals surface area contributed by atoms with E-state index in [-0.39, 0.29) is 18.8 Å². The molecule has 0 fully saturated rings. The van der Waals surface area contributed by atoms with Crippen LogP contribution in [0, 0.1) is 10.1 Å². The van der Waals surface area contributed by atoms with Crippen molar-refractivity contribution < 1.29 is 14.8 Å². The van der Waals surface area contributed by atoms with Crippen LogP contribution in [0.1, 0.15) is 5.56 Å². The lowest BCUT2D eigenvalue weighted by molar-refractivity contribution is -0.385. The van der Waals surface area contributed by atoms with Crippen molar-refractivity contribution in [2.24, 2.45) is 0 Å². The highest BCUT2D eigenvalue weighted by atomic mass is 35.5. The molecule has 0 saturated carbocycles. The Morgan fingerprint density at radius 3 is 2.84 bits per heavy atom. The Balaban J connectivity index is 2.78. The van der Waals surface area contributed by atoms with Crippen molar-refractivity contribution in [3.8, 4) is 0 Å². The Labute approximate surface area is 116 Å². The lowest BCUT2D eigenvalue weighted by Gasteiger charge is -2.20. The van der Waals surface area contributed by atoms with Gasteiger partial charge < -0.3 is 9.84 Å². The molecule has 0 aromatic heterocycles. The number of nitro benzene ring substituents is 1. The average Bonchev–Trinajstić information content (AvgIpc) is 2.31. The minimum absolute atomic E-state index is 0.0134. The maximum absolute atomic E-state index is 10.9. The Kier molecular flexibility index (Phi) is 6.17. The van der Waals surface area contributed by atoms with E-state index in [1.807, 2.05) is 0 Å². The maximum atomic E-state index is 10.9. The van der Waals surface area contributed by atoms with Crippen molar-refractivity contribution in [3.05, 3.63) is 38.9 Å². The van der Waals surface area contributed by atoms with Crippen LogP contribution in [0.3, 0.4) is 0 Å². The van der Waals surface area contributed by atoms with Gasteiger partial charge in [0, 0.05) is 26.3 Å². The summed E-state index contributed by atoms with van der Waals surface area (Å²) in [6, 6.07) is 4.58. The van der Waals surface area contributed by atoms with Gasteiger partial charge in [0.25, 0.3) is 5.69 Å². The fourth-order valence-electron chi connectivity index (χ4n) is 1.81. The van der Waals surface area contributed by atoms with E-state index >= 15 is 0 Å². The van der Waals surface area contributed by atoms with Gasteiger partial charge in [-0.3, -0.25) is 15.0 Å². The van der Waals surface area contributed by atoms with Gasteiger partial charge in [0.2, 0.25) is 0 Å². The number of rotatable bonds is 7. The minimum Gasteiger partial charge on any atom is -0.389 e. The normalized spacial score (nSPS) is 12.7. The number of aliphatic hydroxyl groups excluding tert-OH is 1. The van der Waals surface area contributed by atoms with E-state index in [9.17, 15) is 15.2 Å². The van der Waals surface area contributed by atoms with Gasteiger partial charge in [0.1, 0.15) is 0 Å². The number of nitro groups is 1. The molecule has 1 N–H and O–H groups in total. The highest BCUT2D eigenvalue weighted by molar-refractivity contribution is 6.31. The summed E-state index contributed by atoms with van der Waals surface area (Å²) < 4.78 is 4.83. The second-order valence-electron chi connectivity index (χ2n) is 4.30. The van der Waals surface area contributed by atoms with Crippen molar-refractivity contribution in [3.63, 3.8) is 0 Å². The van der Waals surface area contributed by atoms with Crippen LogP contribution in [0.15, 0.2) is 18.2 Å². The molecule has 7 heteroatoms. The van der Waals surface area contributed by atoms with E-state index in [1.165, 1.54) is 13.2 Å². The molecule has 106 valence electrons. The summed E-state index contributed by atoms with van der Waals surface area (Å²) in [6.45, 7) is 0.849. The predicted octanol–water partition coefficient (Wildman–Crippen LogP) is 1.69. The van der Waals surface area contributed by atoms with Crippen LogP contribution in [0.25, 0.3) is 0 Å². The fourth-order valence-corrected chi connectivity index (χ4v) is 2.04. The summed E-state index contributed by atoms with van der Waals surface area (Å²) in [5.41, 5.74) is 0.432. The predicted molar refractivity (Wildman–Crippen MR) is 72.3 cm³/mol. The number of ether oxygens (including phenoxy) is 1. The SMILES string of the molecule is COCC(O)CN(C)Cc1c(Cl)cccc1[N+](=O)[O-]. The van der Waals surface area contributed by atoms with Crippen molar-refractivity contribution in [2.75, 3.05) is 27.3 Å². The first-order chi connectivity index (χ1) is 8.95. The third-order valence-corrected chi connectivity index (χ3v) is 2.95. The molecule has 0 spiro atoms. The third-order valence-electron chi connectivity index (χ3n) is 2.60. The maximum Gasteiger partial charge on any atom is 0.275 e. The first-order valence-corrected chi connectivity index (χ1v) is 6.10. The summed E-state index contributed by atoms with van der Waals surface area (Å²) in [5, 5.41) is 20.9. The number of hydrogen-bond acceptors (Lipinski definition) is 5. The van der Waals surface area contributed by atoms with Crippen LogP contribution in [0.5, 0.6) is 0 Å². The Morgan fingerprint density at radius 2 is 2.26 bits per heavy atom. The van der Waals surface area contributed by atoms with E-state index in [1.54, 1.807) is 24.1 Å². The zero-order valence-electron chi connectivity index (χ0n) is 10.9. The molecular formula is C12H17ClN2O4. The van der Waals surface area contributed by atoms with E-state index < -0.39 is 11.0 Å². The number of hydrogen-bond donors (Lipinski definition) is 1. The van der Waals surface area contributed by atoms with E-state index in [2.05, 4.69) is 0 Å². The monoisotopic (exact) mass is 288 g/mol. The first kappa shape index (κ1) is 15.8. The Hall–Kier alpha value is -1.21. The molecule has 0 saturated heterocycles. The van der Waals surface area contributed by atoms with Crippen LogP contribution in [-0.4, -0.2) is 48.3 Å². The highest BCUT2D eigenvalue weighted by Crippen LogP contribution is 2.27. The van der Waals surface area contributed by atoms with E-state index in [0.717, 1.165) is 0 Å². The summed E-state index contributed by atoms with van der Waals surface area (Å²) in [6.07, 6.45) is -0.642. The van der Waals surface area contributed by atoms with E-state index in [0.29, 0.717) is 17.1 Å². The molecule has 0 aliphatic rings. The number of methoxy groups -OCH3 is 1. The largest absolute Gasteiger partial charge is 0.389 e. The molecule has 0 radical (unpaired) electrons. The summed E-state index contributed by atoms with van der Waals surface area (Å²) in [7, 11) is 3.26. The average molecular weight is 289 g/mol. The summed E-state index contributed by atoms with van der Waals surface area (Å²) in [5.74, 6) is 0. The molecule has 1 atom stereocenters. The van der Waals surface area contributed by atoms with Gasteiger partial charge >= 0.3 is 0 Å². The highest BCUT2D eigenvalue weighted by Gasteiger charge is 2.19. The molecule has 1 aromatic carbocycles. The topological polar surface area (TPSA) is 75.8 Å². The zero-order chi connectivity index (χ0) is 14.4. The van der Waals surface area contributed by atoms with E-state index in [4.69, 9.17) is 16.3 Å². The number of benzene rings is 1. The van der Waals surface area contributed by atoms with Gasteiger partial charge in [0.05, 0.1) is 28.2 Å². The van der Waals surface area contributed by atoms with Gasteiger partial charge in [-0.2, -0.15) is 0 Å². The molecule has 0 heterocycles. The van der Waals surface area contributed by atoms with Crippen LogP contribution >= 0.6 is 11.6 Å². The fraction of sp³-hybridized carbons (Fsp3) is 0.500. The lowest BCUT2D eigenvalue weighted by atomic mass is 10.1. The van der Waals surface area contributed by atoms with Gasteiger partial charge in [-0.05, 0) is 13.1 Å². The molecule has 19 heavy (non-hydrogen) atoms. The lowest BCUT2D eigenvalue weighted by Crippen LogP contribution is -2.31. The smallest absolute Gasteiger partial charge is 0.275 e. The standard InChI is InChI=1S/C12H17ClN2O4/c1-14(6-9(16)8-19-2)7-10-11(13)4-3-5-12(10)15(17)18/h3-5,9,16H,6-8H2,1-2H3. The number of likely N-dealkylation sites (N-methyl/N-ethyl adjacent to an activating group) is 1. The van der Waals surface area contributed by atoms with Crippen LogP contribution < -0.4 is 0 Å². The molecule has 6 nitrogen and oxygen atoms in total. The minimum atomic E-state index is -0.642. The Bertz CT molecular complexity index is 442. The molecule has 0 aliphatic carbocycles. The quantitative estimate of drug-likeness (QED) is 0.610. The second kappa shape index (κ2) is 7.40. The number of aliphatic hydroxyl groups is 1. The third kappa shape index (κ3) is 4.76. The zero-order valence-corrected chi connectivity index (χ0v) is 11.6. The molecule has 1 unspecified atom stereocenters. The molecule has 0 aliphatic heterocycles. The van der Waals surface area contributed by atoms with Gasteiger partial charge in [0.15, 0.2) is 0 Å². The van der Waals surface area contributed by atoms with Crippen LogP contribution in [0.4, 0.5) is 5.69 Å². The van der Waals surface area contributed by atoms with Gasteiger partial charge in [-0.1, -0.05) is 17.7 Å². The number of halogens is 1. The summed E-state index contributed by atoms with van der Waals surface area (Å²) >= 11 is 6.00. The molecular weight excluding hydrogens is 272 g/mol. The molecule has 0 bridgehead atoms. The van der Waals surface area contributed by atoms with Crippen molar-refractivity contribution in [2.45, 2.75) is 12.6 Å². The van der Waals surface area contributed by atoms with Crippen molar-refractivity contribution in [1.82, 2.24) is 4.90 Å². The number of nitrogens with zero attached hydrogens (tertiary/aromatic N) is 2. The van der Waals surface area contributed by atoms with Crippen LogP contribution in [-0.2, 0) is 11.3 Å². The van der Waals surface area contributed by atoms with Crippen molar-refractivity contribution >= 4 is 17.3 Å². The molecule has 0 amide bonds. The molecule has 1 rings (SSSR count). The van der Waals surface area contributed by atoms with Gasteiger partial charge in [-0.25, -0.2) is 0 Å². The van der Waals surface area contributed by atoms with Gasteiger partial charge in [-0.15, -0.1) is 0 Å².